The fourth-order valence-corrected chi connectivity index (χ4v) is 3.17. The summed E-state index contributed by atoms with van der Waals surface area (Å²) in [6.45, 7) is 2.14. The van der Waals surface area contributed by atoms with Gasteiger partial charge in [0.05, 0.1) is 4.47 Å². The zero-order valence-corrected chi connectivity index (χ0v) is 13.3. The Labute approximate surface area is 130 Å². The summed E-state index contributed by atoms with van der Waals surface area (Å²) < 4.78 is 46.8. The molecule has 1 saturated carbocycles. The molecule has 2 rings (SSSR count). The van der Waals surface area contributed by atoms with Gasteiger partial charge in [-0.15, -0.1) is 13.2 Å². The van der Waals surface area contributed by atoms with E-state index in [4.69, 9.17) is 4.74 Å². The van der Waals surface area contributed by atoms with E-state index in [1.54, 1.807) is 0 Å². The van der Waals surface area contributed by atoms with Gasteiger partial charge in [0.15, 0.2) is 0 Å². The highest BCUT2D eigenvalue weighted by atomic mass is 79.9. The third kappa shape index (κ3) is 4.80. The average molecular weight is 367 g/mol. The molecule has 1 aromatic rings. The van der Waals surface area contributed by atoms with Gasteiger partial charge in [-0.2, -0.15) is 0 Å². The molecule has 6 heteroatoms. The van der Waals surface area contributed by atoms with Gasteiger partial charge in [0.1, 0.15) is 17.6 Å². The third-order valence-corrected chi connectivity index (χ3v) is 4.40. The maximum Gasteiger partial charge on any atom is 0.573 e. The number of hydrogen-bond acceptors (Lipinski definition) is 2. The molecular formula is C15H18BrF3O2. The third-order valence-electron chi connectivity index (χ3n) is 3.78. The van der Waals surface area contributed by atoms with Crippen molar-refractivity contribution < 1.29 is 22.6 Å². The molecule has 0 radical (unpaired) electrons. The van der Waals surface area contributed by atoms with Gasteiger partial charge in [0, 0.05) is 0 Å². The number of alkyl halides is 3. The smallest absolute Gasteiger partial charge is 0.490 e. The van der Waals surface area contributed by atoms with Gasteiger partial charge in [-0.05, 0) is 65.7 Å². The quantitative estimate of drug-likeness (QED) is 0.680. The van der Waals surface area contributed by atoms with E-state index < -0.39 is 6.36 Å². The molecule has 2 atom stereocenters. The van der Waals surface area contributed by atoms with Gasteiger partial charge in [-0.25, -0.2) is 0 Å². The van der Waals surface area contributed by atoms with Gasteiger partial charge < -0.3 is 9.47 Å². The Hall–Kier alpha value is -0.910. The fourth-order valence-electron chi connectivity index (χ4n) is 2.73. The maximum absolute atomic E-state index is 12.2. The molecule has 21 heavy (non-hydrogen) atoms. The van der Waals surface area contributed by atoms with Gasteiger partial charge in [-0.1, -0.05) is 13.3 Å². The van der Waals surface area contributed by atoms with Crippen molar-refractivity contribution in [1.82, 2.24) is 0 Å². The molecule has 0 spiro atoms. The first-order valence-electron chi connectivity index (χ1n) is 7.11. The Morgan fingerprint density at radius 1 is 1.24 bits per heavy atom. The molecule has 1 aliphatic rings. The minimum absolute atomic E-state index is 0.144. The summed E-state index contributed by atoms with van der Waals surface area (Å²) in [5, 5.41) is 0. The van der Waals surface area contributed by atoms with Crippen LogP contribution in [0.4, 0.5) is 13.2 Å². The van der Waals surface area contributed by atoms with Crippen molar-refractivity contribution in [3.8, 4) is 11.5 Å². The van der Waals surface area contributed by atoms with E-state index in [0.717, 1.165) is 25.7 Å². The van der Waals surface area contributed by atoms with Crippen LogP contribution in [0, 0.1) is 5.92 Å². The summed E-state index contributed by atoms with van der Waals surface area (Å²) >= 11 is 3.09. The van der Waals surface area contributed by atoms with Crippen LogP contribution < -0.4 is 9.47 Å². The molecule has 2 nitrogen and oxygen atoms in total. The van der Waals surface area contributed by atoms with Crippen LogP contribution >= 0.6 is 15.9 Å². The topological polar surface area (TPSA) is 18.5 Å². The molecule has 118 valence electrons. The van der Waals surface area contributed by atoms with E-state index in [0.29, 0.717) is 11.7 Å². The first-order chi connectivity index (χ1) is 9.89. The second-order valence-electron chi connectivity index (χ2n) is 5.25. The summed E-state index contributed by atoms with van der Waals surface area (Å²) in [6.07, 6.45) is 1.01. The predicted molar refractivity (Wildman–Crippen MR) is 77.5 cm³/mol. The van der Waals surface area contributed by atoms with Crippen LogP contribution in [0.3, 0.4) is 0 Å². The summed E-state index contributed by atoms with van der Waals surface area (Å²) in [5.74, 6) is 0.830. The molecule has 0 bridgehead atoms. The van der Waals surface area contributed by atoms with Crippen LogP contribution in [0.1, 0.15) is 39.0 Å². The van der Waals surface area contributed by atoms with Crippen LogP contribution in [-0.4, -0.2) is 12.5 Å². The predicted octanol–water partition coefficient (Wildman–Crippen LogP) is 5.70. The SMILES string of the molecule is CCC1CCCCC1Oc1ccc(OC(F)(F)F)c(Br)c1. The normalized spacial score (nSPS) is 22.9. The number of rotatable bonds is 4. The molecule has 0 saturated heterocycles. The van der Waals surface area contributed by atoms with Crippen molar-refractivity contribution in [1.29, 1.82) is 0 Å². The lowest BCUT2D eigenvalue weighted by Gasteiger charge is -2.31. The largest absolute Gasteiger partial charge is 0.573 e. The van der Waals surface area contributed by atoms with Crippen molar-refractivity contribution in [2.75, 3.05) is 0 Å². The first-order valence-corrected chi connectivity index (χ1v) is 7.90. The standard InChI is InChI=1S/C15H18BrF3O2/c1-2-10-5-3-4-6-13(10)20-11-7-8-14(12(16)9-11)21-15(17,18)19/h7-10,13H,2-6H2,1H3. The van der Waals surface area contributed by atoms with Gasteiger partial charge >= 0.3 is 6.36 Å². The minimum atomic E-state index is -4.69. The zero-order valence-electron chi connectivity index (χ0n) is 11.8. The van der Waals surface area contributed by atoms with Crippen molar-refractivity contribution >= 4 is 15.9 Å². The highest BCUT2D eigenvalue weighted by Gasteiger charge is 2.32. The lowest BCUT2D eigenvalue weighted by atomic mass is 9.85. The number of benzene rings is 1. The molecule has 1 aliphatic carbocycles. The van der Waals surface area contributed by atoms with Crippen LogP contribution in [0.25, 0.3) is 0 Å². The number of halogens is 4. The molecule has 1 aromatic carbocycles. The number of hydrogen-bond donors (Lipinski definition) is 0. The summed E-state index contributed by atoms with van der Waals surface area (Å²) in [4.78, 5) is 0. The second-order valence-corrected chi connectivity index (χ2v) is 6.10. The molecule has 0 aliphatic heterocycles. The zero-order chi connectivity index (χ0) is 15.5. The monoisotopic (exact) mass is 366 g/mol. The van der Waals surface area contributed by atoms with Gasteiger partial charge in [0.2, 0.25) is 0 Å². The fraction of sp³-hybridized carbons (Fsp3) is 0.600. The lowest BCUT2D eigenvalue weighted by Crippen LogP contribution is -2.29. The molecule has 0 amide bonds. The van der Waals surface area contributed by atoms with E-state index in [1.807, 2.05) is 0 Å². The van der Waals surface area contributed by atoms with E-state index in [-0.39, 0.29) is 16.3 Å². The molecule has 0 heterocycles. The van der Waals surface area contributed by atoms with Crippen LogP contribution in [-0.2, 0) is 0 Å². The van der Waals surface area contributed by atoms with E-state index in [2.05, 4.69) is 27.6 Å². The Morgan fingerprint density at radius 3 is 2.57 bits per heavy atom. The molecular weight excluding hydrogens is 349 g/mol. The number of ether oxygens (including phenoxy) is 2. The van der Waals surface area contributed by atoms with E-state index in [9.17, 15) is 13.2 Å². The van der Waals surface area contributed by atoms with Crippen LogP contribution in [0.5, 0.6) is 11.5 Å². The molecule has 2 unspecified atom stereocenters. The van der Waals surface area contributed by atoms with Crippen molar-refractivity contribution in [2.45, 2.75) is 51.5 Å². The van der Waals surface area contributed by atoms with Crippen molar-refractivity contribution in [2.24, 2.45) is 5.92 Å². The summed E-state index contributed by atoms with van der Waals surface area (Å²) in [6, 6.07) is 4.33. The molecule has 0 N–H and O–H groups in total. The highest BCUT2D eigenvalue weighted by molar-refractivity contribution is 9.10. The maximum atomic E-state index is 12.2. The van der Waals surface area contributed by atoms with Crippen molar-refractivity contribution in [3.63, 3.8) is 0 Å². The second kappa shape index (κ2) is 6.90. The summed E-state index contributed by atoms with van der Waals surface area (Å²) in [5.41, 5.74) is 0. The Balaban J connectivity index is 2.06. The minimum Gasteiger partial charge on any atom is -0.490 e. The van der Waals surface area contributed by atoms with E-state index in [1.165, 1.54) is 24.6 Å². The Kier molecular flexibility index (Phi) is 5.41. The average Bonchev–Trinajstić information content (AvgIpc) is 2.41. The van der Waals surface area contributed by atoms with Crippen LogP contribution in [0.2, 0.25) is 0 Å². The van der Waals surface area contributed by atoms with Crippen molar-refractivity contribution in [3.05, 3.63) is 22.7 Å². The van der Waals surface area contributed by atoms with E-state index >= 15 is 0 Å². The Bertz CT molecular complexity index is 476. The van der Waals surface area contributed by atoms with Gasteiger partial charge in [0.25, 0.3) is 0 Å². The molecule has 1 fully saturated rings. The molecule has 0 aromatic heterocycles. The van der Waals surface area contributed by atoms with Crippen LogP contribution in [0.15, 0.2) is 22.7 Å². The first kappa shape index (κ1) is 16.5. The summed E-state index contributed by atoms with van der Waals surface area (Å²) in [7, 11) is 0. The highest BCUT2D eigenvalue weighted by Crippen LogP contribution is 2.35. The lowest BCUT2D eigenvalue weighted by molar-refractivity contribution is -0.274. The van der Waals surface area contributed by atoms with Gasteiger partial charge in [-0.3, -0.25) is 0 Å². The Morgan fingerprint density at radius 2 is 1.95 bits per heavy atom.